The number of anilines is 1. The summed E-state index contributed by atoms with van der Waals surface area (Å²) in [6.45, 7) is 7.02. The number of fused-ring (bicyclic) bond motifs is 2. The summed E-state index contributed by atoms with van der Waals surface area (Å²) < 4.78 is 26.8. The standard InChI is InChI=1S/C21H33N3O3S.K/c1-3-24(4-2)13-5-6-14-28(26,27)23-21(25)22-20-18-11-7-9-16(18)15-17-10-8-12-19(17)20;/h15H,3-14H2,1-2H3,(H2,22,23,25);. The van der Waals surface area contributed by atoms with E-state index in [0.717, 1.165) is 70.3 Å². The molecule has 0 saturated heterocycles. The largest absolute Gasteiger partial charge is 0.332 e. The van der Waals surface area contributed by atoms with Gasteiger partial charge in [-0.05, 0) is 93.3 Å². The van der Waals surface area contributed by atoms with E-state index < -0.39 is 16.1 Å². The molecule has 0 heterocycles. The van der Waals surface area contributed by atoms with E-state index in [4.69, 9.17) is 0 Å². The third-order valence-electron chi connectivity index (χ3n) is 5.99. The Labute approximate surface area is 218 Å². The number of sulfonamides is 1. The summed E-state index contributed by atoms with van der Waals surface area (Å²) >= 11 is 0. The molecule has 0 spiro atoms. The van der Waals surface area contributed by atoms with E-state index >= 15 is 0 Å². The van der Waals surface area contributed by atoms with E-state index in [2.05, 4.69) is 34.9 Å². The number of unbranched alkanes of at least 4 members (excludes halogenated alkanes) is 1. The first-order valence-corrected chi connectivity index (χ1v) is 12.3. The number of amides is 2. The van der Waals surface area contributed by atoms with Gasteiger partial charge in [-0.1, -0.05) is 19.9 Å². The van der Waals surface area contributed by atoms with Crippen LogP contribution in [0.3, 0.4) is 0 Å². The summed E-state index contributed by atoms with van der Waals surface area (Å²) in [7, 11) is -3.62. The van der Waals surface area contributed by atoms with Gasteiger partial charge in [0.2, 0.25) is 10.0 Å². The Kier molecular flexibility index (Phi) is 10.1. The van der Waals surface area contributed by atoms with Crippen LogP contribution >= 0.6 is 0 Å². The van der Waals surface area contributed by atoms with Crippen LogP contribution in [-0.4, -0.2) is 96.1 Å². The molecule has 2 amide bonds. The minimum absolute atomic E-state index is 0. The van der Waals surface area contributed by atoms with Crippen LogP contribution < -0.4 is 10.0 Å². The topological polar surface area (TPSA) is 78.5 Å². The van der Waals surface area contributed by atoms with E-state index in [-0.39, 0.29) is 57.1 Å². The molecular formula is C21H33KN3O3S. The minimum Gasteiger partial charge on any atom is -0.307 e. The number of nitrogens with zero attached hydrogens (tertiary/aromatic N) is 1. The smallest absolute Gasteiger partial charge is 0.307 e. The number of benzene rings is 1. The monoisotopic (exact) mass is 446 g/mol. The van der Waals surface area contributed by atoms with Gasteiger partial charge < -0.3 is 10.2 Å². The predicted octanol–water partition coefficient (Wildman–Crippen LogP) is 2.86. The van der Waals surface area contributed by atoms with Crippen molar-refractivity contribution in [1.29, 1.82) is 0 Å². The molecule has 2 aliphatic rings. The van der Waals surface area contributed by atoms with Crippen LogP contribution in [0.2, 0.25) is 0 Å². The van der Waals surface area contributed by atoms with Crippen LogP contribution in [0.1, 0.15) is 61.8 Å². The first-order valence-electron chi connectivity index (χ1n) is 10.6. The van der Waals surface area contributed by atoms with Gasteiger partial charge in [0, 0.05) is 57.1 Å². The van der Waals surface area contributed by atoms with Gasteiger partial charge in [-0.3, -0.25) is 0 Å². The number of hydrogen-bond acceptors (Lipinski definition) is 4. The fourth-order valence-electron chi connectivity index (χ4n) is 4.47. The molecule has 0 aromatic heterocycles. The predicted molar refractivity (Wildman–Crippen MR) is 119 cm³/mol. The van der Waals surface area contributed by atoms with Crippen molar-refractivity contribution in [2.75, 3.05) is 30.7 Å². The maximum atomic E-state index is 12.5. The Balaban J connectivity index is 0.00000300. The van der Waals surface area contributed by atoms with Gasteiger partial charge in [0.15, 0.2) is 0 Å². The van der Waals surface area contributed by atoms with Gasteiger partial charge in [0.25, 0.3) is 0 Å². The fraction of sp³-hybridized carbons (Fsp3) is 0.667. The maximum absolute atomic E-state index is 12.5. The number of carbonyl (C=O) groups is 1. The second kappa shape index (κ2) is 11.6. The molecule has 1 aromatic carbocycles. The van der Waals surface area contributed by atoms with Crippen molar-refractivity contribution >= 4 is 73.1 Å². The molecule has 0 unspecified atom stereocenters. The summed E-state index contributed by atoms with van der Waals surface area (Å²) in [6, 6.07) is 1.67. The molecule has 29 heavy (non-hydrogen) atoms. The SMILES string of the molecule is CCN(CC)CCCCS(=O)(=O)NC(=O)Nc1c2c(cc3c1CCC3)CCC2.[K]. The number of rotatable bonds is 9. The Morgan fingerprint density at radius 1 is 1.00 bits per heavy atom. The second-order valence-corrected chi connectivity index (χ2v) is 9.68. The second-order valence-electron chi connectivity index (χ2n) is 7.84. The van der Waals surface area contributed by atoms with Crippen molar-refractivity contribution in [3.8, 4) is 0 Å². The molecule has 3 rings (SSSR count). The van der Waals surface area contributed by atoms with Crippen LogP contribution in [0.15, 0.2) is 6.07 Å². The quantitative estimate of drug-likeness (QED) is 0.452. The summed E-state index contributed by atoms with van der Waals surface area (Å²) in [4.78, 5) is 14.7. The molecule has 6 nitrogen and oxygen atoms in total. The van der Waals surface area contributed by atoms with E-state index in [9.17, 15) is 13.2 Å². The maximum Gasteiger partial charge on any atom is 0.332 e. The average Bonchev–Trinajstić information content (AvgIpc) is 3.30. The van der Waals surface area contributed by atoms with Crippen LogP contribution in [0.5, 0.6) is 0 Å². The van der Waals surface area contributed by atoms with Crippen LogP contribution in [-0.2, 0) is 35.7 Å². The Morgan fingerprint density at radius 3 is 2.14 bits per heavy atom. The van der Waals surface area contributed by atoms with E-state index in [1.165, 1.54) is 22.3 Å². The fourth-order valence-corrected chi connectivity index (χ4v) is 5.49. The molecule has 2 aliphatic carbocycles. The Morgan fingerprint density at radius 2 is 1.59 bits per heavy atom. The molecule has 157 valence electrons. The number of carbonyl (C=O) groups excluding carboxylic acids is 1. The van der Waals surface area contributed by atoms with Crippen LogP contribution in [0.4, 0.5) is 10.5 Å². The molecular weight excluding hydrogens is 413 g/mol. The van der Waals surface area contributed by atoms with Gasteiger partial charge in [-0.2, -0.15) is 0 Å². The van der Waals surface area contributed by atoms with Crippen molar-refractivity contribution in [3.63, 3.8) is 0 Å². The van der Waals surface area contributed by atoms with Crippen molar-refractivity contribution in [3.05, 3.63) is 28.3 Å². The third kappa shape index (κ3) is 6.76. The summed E-state index contributed by atoms with van der Waals surface area (Å²) in [5.41, 5.74) is 5.90. The Bertz CT molecular complexity index is 791. The Hall–Kier alpha value is 0.0364. The van der Waals surface area contributed by atoms with Gasteiger partial charge in [0.05, 0.1) is 5.75 Å². The molecule has 0 atom stereocenters. The van der Waals surface area contributed by atoms with Crippen LogP contribution in [0, 0.1) is 0 Å². The summed E-state index contributed by atoms with van der Waals surface area (Å²) in [5.74, 6) is -0.0211. The molecule has 8 heteroatoms. The molecule has 0 aliphatic heterocycles. The molecule has 1 aromatic rings. The zero-order valence-corrected chi connectivity index (χ0v) is 22.1. The first kappa shape index (κ1) is 25.3. The number of urea groups is 1. The van der Waals surface area contributed by atoms with E-state index in [1.807, 2.05) is 0 Å². The molecule has 0 saturated carbocycles. The van der Waals surface area contributed by atoms with Crippen molar-refractivity contribution in [2.24, 2.45) is 0 Å². The van der Waals surface area contributed by atoms with E-state index in [1.54, 1.807) is 0 Å². The van der Waals surface area contributed by atoms with Crippen molar-refractivity contribution in [1.82, 2.24) is 9.62 Å². The zero-order chi connectivity index (χ0) is 20.1. The van der Waals surface area contributed by atoms with Crippen molar-refractivity contribution in [2.45, 2.75) is 65.2 Å². The van der Waals surface area contributed by atoms with Crippen LogP contribution in [0.25, 0.3) is 0 Å². The number of nitrogens with one attached hydrogen (secondary N) is 2. The normalized spacial score (nSPS) is 15.0. The van der Waals surface area contributed by atoms with Gasteiger partial charge in [-0.25, -0.2) is 17.9 Å². The molecule has 2 N–H and O–H groups in total. The van der Waals surface area contributed by atoms with Gasteiger partial charge in [0.1, 0.15) is 0 Å². The van der Waals surface area contributed by atoms with E-state index in [0.29, 0.717) is 6.42 Å². The first-order chi connectivity index (χ1) is 13.4. The third-order valence-corrected chi connectivity index (χ3v) is 7.31. The van der Waals surface area contributed by atoms with Gasteiger partial charge in [-0.15, -0.1) is 0 Å². The van der Waals surface area contributed by atoms with Crippen molar-refractivity contribution < 1.29 is 13.2 Å². The molecule has 1 radical (unpaired) electrons. The number of hydrogen-bond donors (Lipinski definition) is 2. The zero-order valence-electron chi connectivity index (χ0n) is 18.1. The summed E-state index contributed by atoms with van der Waals surface area (Å²) in [5, 5.41) is 2.89. The summed E-state index contributed by atoms with van der Waals surface area (Å²) in [6.07, 6.45) is 7.55. The van der Waals surface area contributed by atoms with Gasteiger partial charge >= 0.3 is 6.03 Å². The molecule has 0 fully saturated rings. The minimum atomic E-state index is -3.62. The molecule has 0 bridgehead atoms. The average molecular weight is 447 g/mol. The number of aryl methyl sites for hydroxylation is 2.